The molecule has 3 heterocycles. The topological polar surface area (TPSA) is 71.2 Å². The van der Waals surface area contributed by atoms with Crippen LogP contribution in [0, 0.1) is 0 Å². The van der Waals surface area contributed by atoms with Gasteiger partial charge in [0, 0.05) is 19.1 Å². The van der Waals surface area contributed by atoms with E-state index in [-0.39, 0.29) is 0 Å². The maximum Gasteiger partial charge on any atom is 0.240 e. The lowest BCUT2D eigenvalue weighted by molar-refractivity contribution is 0.174. The predicted molar refractivity (Wildman–Crippen MR) is 75.8 cm³/mol. The smallest absolute Gasteiger partial charge is 0.240 e. The monoisotopic (exact) mass is 286 g/mol. The van der Waals surface area contributed by atoms with Crippen molar-refractivity contribution in [3.63, 3.8) is 0 Å². The molecule has 2 aliphatic rings. The van der Waals surface area contributed by atoms with Crippen molar-refractivity contribution in [3.05, 3.63) is 29.5 Å². The number of hydrogen-bond donors (Lipinski definition) is 0. The largest absolute Gasteiger partial charge is 0.352 e. The van der Waals surface area contributed by atoms with Crippen molar-refractivity contribution in [1.82, 2.24) is 25.2 Å². The quantitative estimate of drug-likeness (QED) is 0.818. The summed E-state index contributed by atoms with van der Waals surface area (Å²) in [5.74, 6) is 1.67. The van der Waals surface area contributed by atoms with Crippen LogP contribution in [0.2, 0.25) is 0 Å². The first kappa shape index (κ1) is 12.7. The molecule has 0 atom stereocenters. The SMILES string of the molecule is CN(Cc1ncno1)C1CN(c2cc3c(nn2)CCC3)C1. The Morgan fingerprint density at radius 1 is 1.33 bits per heavy atom. The molecular weight excluding hydrogens is 268 g/mol. The zero-order valence-corrected chi connectivity index (χ0v) is 12.1. The Hall–Kier alpha value is -2.02. The van der Waals surface area contributed by atoms with E-state index in [1.165, 1.54) is 24.0 Å². The number of nitrogens with zero attached hydrogens (tertiary/aromatic N) is 6. The molecule has 7 nitrogen and oxygen atoms in total. The molecule has 0 amide bonds. The maximum atomic E-state index is 5.05. The molecule has 2 aromatic rings. The summed E-state index contributed by atoms with van der Waals surface area (Å²) in [5.41, 5.74) is 2.56. The summed E-state index contributed by atoms with van der Waals surface area (Å²) in [6, 6.07) is 2.70. The number of aromatic nitrogens is 4. The zero-order valence-electron chi connectivity index (χ0n) is 12.1. The molecule has 0 unspecified atom stereocenters. The third-order valence-corrected chi connectivity index (χ3v) is 4.41. The Bertz CT molecular complexity index is 622. The first-order valence-corrected chi connectivity index (χ1v) is 7.36. The van der Waals surface area contributed by atoms with Crippen LogP contribution in [0.5, 0.6) is 0 Å². The summed E-state index contributed by atoms with van der Waals surface area (Å²) < 4.78 is 5.05. The van der Waals surface area contributed by atoms with E-state index in [2.05, 4.69) is 43.3 Å². The van der Waals surface area contributed by atoms with E-state index in [0.29, 0.717) is 18.5 Å². The number of hydrogen-bond acceptors (Lipinski definition) is 7. The van der Waals surface area contributed by atoms with Crippen molar-refractivity contribution < 1.29 is 4.52 Å². The molecule has 1 saturated heterocycles. The lowest BCUT2D eigenvalue weighted by Gasteiger charge is -2.44. The van der Waals surface area contributed by atoms with Crippen LogP contribution in [0.3, 0.4) is 0 Å². The molecule has 21 heavy (non-hydrogen) atoms. The van der Waals surface area contributed by atoms with E-state index in [4.69, 9.17) is 4.52 Å². The minimum Gasteiger partial charge on any atom is -0.352 e. The molecular formula is C14H18N6O. The summed E-state index contributed by atoms with van der Waals surface area (Å²) in [4.78, 5) is 8.58. The van der Waals surface area contributed by atoms with E-state index in [0.717, 1.165) is 31.7 Å². The molecule has 2 aromatic heterocycles. The Balaban J connectivity index is 1.36. The van der Waals surface area contributed by atoms with Crippen molar-refractivity contribution in [2.45, 2.75) is 31.8 Å². The molecule has 0 aromatic carbocycles. The highest BCUT2D eigenvalue weighted by Gasteiger charge is 2.32. The minimum atomic E-state index is 0.493. The first-order chi connectivity index (χ1) is 10.3. The second kappa shape index (κ2) is 5.07. The number of anilines is 1. The van der Waals surface area contributed by atoms with Gasteiger partial charge in [0.15, 0.2) is 12.1 Å². The van der Waals surface area contributed by atoms with Crippen LogP contribution >= 0.6 is 0 Å². The second-order valence-electron chi connectivity index (χ2n) is 5.84. The van der Waals surface area contributed by atoms with Gasteiger partial charge in [0.1, 0.15) is 0 Å². The van der Waals surface area contributed by atoms with Crippen LogP contribution in [0.4, 0.5) is 5.82 Å². The van der Waals surface area contributed by atoms with Gasteiger partial charge in [-0.25, -0.2) is 0 Å². The summed E-state index contributed by atoms with van der Waals surface area (Å²) in [7, 11) is 2.08. The van der Waals surface area contributed by atoms with E-state index < -0.39 is 0 Å². The van der Waals surface area contributed by atoms with Crippen molar-refractivity contribution in [3.8, 4) is 0 Å². The normalized spacial score (nSPS) is 18.1. The fraction of sp³-hybridized carbons (Fsp3) is 0.571. The van der Waals surface area contributed by atoms with Gasteiger partial charge >= 0.3 is 0 Å². The number of fused-ring (bicyclic) bond motifs is 1. The predicted octanol–water partition coefficient (Wildman–Crippen LogP) is 0.669. The first-order valence-electron chi connectivity index (χ1n) is 7.36. The Morgan fingerprint density at radius 3 is 3.05 bits per heavy atom. The van der Waals surface area contributed by atoms with E-state index in [1.54, 1.807) is 0 Å². The van der Waals surface area contributed by atoms with Gasteiger partial charge in [-0.05, 0) is 37.9 Å². The molecule has 110 valence electrons. The average molecular weight is 286 g/mol. The van der Waals surface area contributed by atoms with Gasteiger partial charge in [0.05, 0.1) is 12.2 Å². The summed E-state index contributed by atoms with van der Waals surface area (Å²) in [6.45, 7) is 2.63. The highest BCUT2D eigenvalue weighted by Crippen LogP contribution is 2.26. The van der Waals surface area contributed by atoms with Crippen LogP contribution in [0.25, 0.3) is 0 Å². The van der Waals surface area contributed by atoms with E-state index in [9.17, 15) is 0 Å². The van der Waals surface area contributed by atoms with Crippen LogP contribution < -0.4 is 4.90 Å². The van der Waals surface area contributed by atoms with Crippen molar-refractivity contribution in [2.24, 2.45) is 0 Å². The Labute approximate surface area is 123 Å². The maximum absolute atomic E-state index is 5.05. The molecule has 0 bridgehead atoms. The second-order valence-corrected chi connectivity index (χ2v) is 5.84. The fourth-order valence-corrected chi connectivity index (χ4v) is 3.00. The van der Waals surface area contributed by atoms with Crippen molar-refractivity contribution in [2.75, 3.05) is 25.0 Å². The van der Waals surface area contributed by atoms with Gasteiger partial charge in [0.25, 0.3) is 0 Å². The fourth-order valence-electron chi connectivity index (χ4n) is 3.00. The van der Waals surface area contributed by atoms with Crippen molar-refractivity contribution >= 4 is 5.82 Å². The molecule has 1 aliphatic heterocycles. The Kier molecular flexibility index (Phi) is 3.07. The van der Waals surface area contributed by atoms with Gasteiger partial charge in [-0.1, -0.05) is 5.16 Å². The molecule has 0 spiro atoms. The average Bonchev–Trinajstić information content (AvgIpc) is 3.07. The van der Waals surface area contributed by atoms with Gasteiger partial charge in [0.2, 0.25) is 5.89 Å². The van der Waals surface area contributed by atoms with Crippen LogP contribution in [-0.4, -0.2) is 51.4 Å². The molecule has 1 aliphatic carbocycles. The summed E-state index contributed by atoms with van der Waals surface area (Å²) in [6.07, 6.45) is 4.88. The molecule has 7 heteroatoms. The lowest BCUT2D eigenvalue weighted by atomic mass is 10.1. The van der Waals surface area contributed by atoms with E-state index in [1.807, 2.05) is 0 Å². The summed E-state index contributed by atoms with van der Waals surface area (Å²) in [5, 5.41) is 12.3. The number of likely N-dealkylation sites (N-methyl/N-ethyl adjacent to an activating group) is 1. The molecule has 0 saturated carbocycles. The number of rotatable bonds is 4. The van der Waals surface area contributed by atoms with Crippen LogP contribution in [-0.2, 0) is 19.4 Å². The Morgan fingerprint density at radius 2 is 2.24 bits per heavy atom. The van der Waals surface area contributed by atoms with Gasteiger partial charge in [-0.15, -0.1) is 5.10 Å². The zero-order chi connectivity index (χ0) is 14.2. The number of aryl methyl sites for hydroxylation is 2. The standard InChI is InChI=1S/C14H18N6O/c1-19(8-14-15-9-16-21-14)11-6-20(7-11)13-5-10-3-2-4-12(10)17-18-13/h5,9,11H,2-4,6-8H2,1H3. The summed E-state index contributed by atoms with van der Waals surface area (Å²) >= 11 is 0. The lowest BCUT2D eigenvalue weighted by Crippen LogP contribution is -2.58. The van der Waals surface area contributed by atoms with Gasteiger partial charge in [-0.3, -0.25) is 4.90 Å². The van der Waals surface area contributed by atoms with Crippen molar-refractivity contribution in [1.29, 1.82) is 0 Å². The highest BCUT2D eigenvalue weighted by molar-refractivity contribution is 5.45. The van der Waals surface area contributed by atoms with E-state index >= 15 is 0 Å². The highest BCUT2D eigenvalue weighted by atomic mass is 16.5. The van der Waals surface area contributed by atoms with Gasteiger partial charge < -0.3 is 9.42 Å². The molecule has 0 N–H and O–H groups in total. The minimum absolute atomic E-state index is 0.493. The van der Waals surface area contributed by atoms with Crippen LogP contribution in [0.1, 0.15) is 23.6 Å². The molecule has 4 rings (SSSR count). The van der Waals surface area contributed by atoms with Gasteiger partial charge in [-0.2, -0.15) is 10.1 Å². The van der Waals surface area contributed by atoms with Crippen LogP contribution in [0.15, 0.2) is 16.9 Å². The third-order valence-electron chi connectivity index (χ3n) is 4.41. The molecule has 1 fully saturated rings. The third kappa shape index (κ3) is 2.37. The molecule has 0 radical (unpaired) electrons.